The maximum atomic E-state index is 13.8. The zero-order chi connectivity index (χ0) is 11.5. The molecule has 0 saturated carbocycles. The van der Waals surface area contributed by atoms with Crippen molar-refractivity contribution in [3.05, 3.63) is 34.1 Å². The van der Waals surface area contributed by atoms with Gasteiger partial charge >= 0.3 is 5.69 Å². The van der Waals surface area contributed by atoms with E-state index in [1.165, 1.54) is 12.1 Å². The molecule has 5 nitrogen and oxygen atoms in total. The van der Waals surface area contributed by atoms with Crippen molar-refractivity contribution in [3.63, 3.8) is 0 Å². The second kappa shape index (κ2) is 4.44. The molecule has 86 valence electrons. The van der Waals surface area contributed by atoms with Crippen LogP contribution < -0.4 is 10.2 Å². The lowest BCUT2D eigenvalue weighted by Crippen LogP contribution is -2.43. The van der Waals surface area contributed by atoms with Gasteiger partial charge in [-0.15, -0.1) is 0 Å². The van der Waals surface area contributed by atoms with E-state index in [-0.39, 0.29) is 0 Å². The standard InChI is InChI=1S/C10H12FN3O2/c11-10-8(13-6-4-12-5-7-13)2-1-3-9(10)14(15)16/h1-3,12H,4-7H2. The lowest BCUT2D eigenvalue weighted by Gasteiger charge is -2.29. The fourth-order valence-electron chi connectivity index (χ4n) is 1.80. The molecule has 0 unspecified atom stereocenters. The summed E-state index contributed by atoms with van der Waals surface area (Å²) in [4.78, 5) is 11.7. The summed E-state index contributed by atoms with van der Waals surface area (Å²) >= 11 is 0. The van der Waals surface area contributed by atoms with Crippen LogP contribution >= 0.6 is 0 Å². The Hall–Kier alpha value is -1.69. The molecule has 16 heavy (non-hydrogen) atoms. The molecule has 0 aliphatic carbocycles. The van der Waals surface area contributed by atoms with Crippen LogP contribution in [-0.2, 0) is 0 Å². The second-order valence-corrected chi connectivity index (χ2v) is 3.60. The van der Waals surface area contributed by atoms with Crippen LogP contribution in [0.25, 0.3) is 0 Å². The van der Waals surface area contributed by atoms with Crippen molar-refractivity contribution in [1.82, 2.24) is 5.32 Å². The lowest BCUT2D eigenvalue weighted by atomic mass is 10.2. The smallest absolute Gasteiger partial charge is 0.306 e. The van der Waals surface area contributed by atoms with Gasteiger partial charge < -0.3 is 10.2 Å². The lowest BCUT2D eigenvalue weighted by molar-refractivity contribution is -0.387. The van der Waals surface area contributed by atoms with Gasteiger partial charge in [0.05, 0.1) is 10.6 Å². The molecule has 2 rings (SSSR count). The fraction of sp³-hybridized carbons (Fsp3) is 0.400. The van der Waals surface area contributed by atoms with Gasteiger partial charge in [0.25, 0.3) is 0 Å². The van der Waals surface area contributed by atoms with Crippen LogP contribution in [0, 0.1) is 15.9 Å². The van der Waals surface area contributed by atoms with Gasteiger partial charge in [0.1, 0.15) is 0 Å². The summed E-state index contributed by atoms with van der Waals surface area (Å²) in [5, 5.41) is 13.7. The van der Waals surface area contributed by atoms with Crippen molar-refractivity contribution in [3.8, 4) is 0 Å². The third-order valence-electron chi connectivity index (χ3n) is 2.61. The third-order valence-corrected chi connectivity index (χ3v) is 2.61. The van der Waals surface area contributed by atoms with E-state index in [4.69, 9.17) is 0 Å². The zero-order valence-corrected chi connectivity index (χ0v) is 8.65. The van der Waals surface area contributed by atoms with Gasteiger partial charge in [0.2, 0.25) is 5.82 Å². The molecule has 0 aromatic heterocycles. The number of hydrogen-bond donors (Lipinski definition) is 1. The van der Waals surface area contributed by atoms with Crippen molar-refractivity contribution in [2.45, 2.75) is 0 Å². The van der Waals surface area contributed by atoms with Gasteiger partial charge in [-0.25, -0.2) is 0 Å². The number of rotatable bonds is 2. The summed E-state index contributed by atoms with van der Waals surface area (Å²) in [5.41, 5.74) is -0.147. The van der Waals surface area contributed by atoms with E-state index in [0.29, 0.717) is 18.8 Å². The number of nitrogens with one attached hydrogen (secondary N) is 1. The molecule has 1 fully saturated rings. The molecule has 1 aromatic rings. The highest BCUT2D eigenvalue weighted by Crippen LogP contribution is 2.27. The molecule has 0 atom stereocenters. The summed E-state index contributed by atoms with van der Waals surface area (Å²) in [6, 6.07) is 4.27. The molecule has 1 aliphatic rings. The van der Waals surface area contributed by atoms with Gasteiger partial charge in [0, 0.05) is 32.2 Å². The van der Waals surface area contributed by atoms with E-state index in [9.17, 15) is 14.5 Å². The van der Waals surface area contributed by atoms with Gasteiger partial charge in [0.15, 0.2) is 0 Å². The predicted octanol–water partition coefficient (Wildman–Crippen LogP) is 1.14. The number of piperazine rings is 1. The summed E-state index contributed by atoms with van der Waals surface area (Å²) in [6.07, 6.45) is 0. The molecular formula is C10H12FN3O2. The molecule has 0 bridgehead atoms. The Morgan fingerprint density at radius 1 is 1.38 bits per heavy atom. The average molecular weight is 225 g/mol. The SMILES string of the molecule is O=[N+]([O-])c1cccc(N2CCNCC2)c1F. The van der Waals surface area contributed by atoms with Crippen LogP contribution in [0.5, 0.6) is 0 Å². The Balaban J connectivity index is 2.33. The monoisotopic (exact) mass is 225 g/mol. The van der Waals surface area contributed by atoms with Crippen molar-refractivity contribution < 1.29 is 9.31 Å². The number of nitro benzene ring substituents is 1. The zero-order valence-electron chi connectivity index (χ0n) is 8.65. The minimum absolute atomic E-state index is 0.315. The maximum absolute atomic E-state index is 13.8. The van der Waals surface area contributed by atoms with Crippen LogP contribution in [0.4, 0.5) is 15.8 Å². The van der Waals surface area contributed by atoms with Crippen molar-refractivity contribution in [1.29, 1.82) is 0 Å². The van der Waals surface area contributed by atoms with E-state index in [1.807, 2.05) is 4.90 Å². The van der Waals surface area contributed by atoms with Crippen LogP contribution in [0.1, 0.15) is 0 Å². The molecule has 1 N–H and O–H groups in total. The van der Waals surface area contributed by atoms with E-state index in [1.54, 1.807) is 6.07 Å². The summed E-state index contributed by atoms with van der Waals surface area (Å²) in [7, 11) is 0. The summed E-state index contributed by atoms with van der Waals surface area (Å²) in [6.45, 7) is 2.86. The molecule has 1 aromatic carbocycles. The molecule has 0 amide bonds. The topological polar surface area (TPSA) is 58.4 Å². The molecule has 1 saturated heterocycles. The van der Waals surface area contributed by atoms with Crippen LogP contribution in [0.3, 0.4) is 0 Å². The highest BCUT2D eigenvalue weighted by Gasteiger charge is 2.21. The predicted molar refractivity (Wildman–Crippen MR) is 58.1 cm³/mol. The van der Waals surface area contributed by atoms with E-state index in [0.717, 1.165) is 13.1 Å². The largest absolute Gasteiger partial charge is 0.366 e. The van der Waals surface area contributed by atoms with Crippen molar-refractivity contribution in [2.75, 3.05) is 31.1 Å². The molecular weight excluding hydrogens is 213 g/mol. The first-order valence-corrected chi connectivity index (χ1v) is 5.08. The number of benzene rings is 1. The molecule has 0 spiro atoms. The molecule has 1 heterocycles. The Bertz CT molecular complexity index is 405. The quantitative estimate of drug-likeness (QED) is 0.605. The molecule has 0 radical (unpaired) electrons. The highest BCUT2D eigenvalue weighted by molar-refractivity contribution is 5.55. The van der Waals surface area contributed by atoms with E-state index >= 15 is 0 Å². The first kappa shape index (κ1) is 10.8. The van der Waals surface area contributed by atoms with E-state index < -0.39 is 16.4 Å². The Morgan fingerprint density at radius 3 is 2.69 bits per heavy atom. The second-order valence-electron chi connectivity index (χ2n) is 3.60. The summed E-state index contributed by atoms with van der Waals surface area (Å²) in [5.74, 6) is -0.741. The first-order chi connectivity index (χ1) is 7.70. The van der Waals surface area contributed by atoms with Crippen LogP contribution in [-0.4, -0.2) is 31.1 Å². The Kier molecular flexibility index (Phi) is 3.00. The van der Waals surface area contributed by atoms with Crippen molar-refractivity contribution >= 4 is 11.4 Å². The normalized spacial score (nSPS) is 16.2. The average Bonchev–Trinajstić information content (AvgIpc) is 2.30. The number of nitro groups is 1. The van der Waals surface area contributed by atoms with Gasteiger partial charge in [-0.1, -0.05) is 6.07 Å². The minimum Gasteiger partial charge on any atom is -0.366 e. The third kappa shape index (κ3) is 1.96. The number of hydrogen-bond acceptors (Lipinski definition) is 4. The van der Waals surface area contributed by atoms with E-state index in [2.05, 4.69) is 5.32 Å². The van der Waals surface area contributed by atoms with Gasteiger partial charge in [-0.3, -0.25) is 10.1 Å². The van der Waals surface area contributed by atoms with Crippen LogP contribution in [0.2, 0.25) is 0 Å². The Morgan fingerprint density at radius 2 is 2.06 bits per heavy atom. The van der Waals surface area contributed by atoms with Crippen molar-refractivity contribution in [2.24, 2.45) is 0 Å². The minimum atomic E-state index is -0.741. The summed E-state index contributed by atoms with van der Waals surface area (Å²) < 4.78 is 13.8. The Labute approximate surface area is 92.0 Å². The van der Waals surface area contributed by atoms with Gasteiger partial charge in [-0.05, 0) is 6.07 Å². The fourth-order valence-corrected chi connectivity index (χ4v) is 1.80. The van der Waals surface area contributed by atoms with Gasteiger partial charge in [-0.2, -0.15) is 4.39 Å². The molecule has 1 aliphatic heterocycles. The highest BCUT2D eigenvalue weighted by atomic mass is 19.1. The molecule has 6 heteroatoms. The number of nitrogens with zero attached hydrogens (tertiary/aromatic N) is 2. The number of halogens is 1. The maximum Gasteiger partial charge on any atom is 0.306 e. The first-order valence-electron chi connectivity index (χ1n) is 5.08. The number of anilines is 1. The van der Waals surface area contributed by atoms with Crippen LogP contribution in [0.15, 0.2) is 18.2 Å².